The third-order valence-corrected chi connectivity index (χ3v) is 4.29. The maximum atomic E-state index is 4.48. The molecule has 0 aromatic carbocycles. The number of nitrogens with one attached hydrogen (secondary N) is 2. The van der Waals surface area contributed by atoms with E-state index in [1.54, 1.807) is 11.8 Å². The molecule has 0 amide bonds. The Kier molecular flexibility index (Phi) is 8.05. The van der Waals surface area contributed by atoms with Gasteiger partial charge in [0.15, 0.2) is 5.16 Å². The van der Waals surface area contributed by atoms with Crippen LogP contribution in [0, 0.1) is 0 Å². The molecule has 1 unspecified atom stereocenters. The summed E-state index contributed by atoms with van der Waals surface area (Å²) in [6.45, 7) is 6.27. The average molecular weight is 300 g/mol. The van der Waals surface area contributed by atoms with Gasteiger partial charge >= 0.3 is 0 Å². The Labute approximate surface area is 125 Å². The molecular formula is C13H24N4S2. The van der Waals surface area contributed by atoms with Gasteiger partial charge in [0.1, 0.15) is 11.6 Å². The molecule has 1 atom stereocenters. The molecule has 2 N–H and O–H groups in total. The van der Waals surface area contributed by atoms with Crippen LogP contribution >= 0.6 is 23.5 Å². The zero-order valence-corrected chi connectivity index (χ0v) is 13.8. The molecule has 1 aromatic rings. The first-order valence-corrected chi connectivity index (χ1v) is 9.14. The molecule has 0 spiro atoms. The monoisotopic (exact) mass is 300 g/mol. The predicted octanol–water partition coefficient (Wildman–Crippen LogP) is 3.57. The quantitative estimate of drug-likeness (QED) is 0.537. The number of nitrogens with zero attached hydrogens (tertiary/aromatic N) is 2. The lowest BCUT2D eigenvalue weighted by Gasteiger charge is -2.12. The van der Waals surface area contributed by atoms with Crippen LogP contribution in [0.2, 0.25) is 0 Å². The second kappa shape index (κ2) is 9.31. The molecule has 0 bridgehead atoms. The first-order valence-electron chi connectivity index (χ1n) is 6.63. The van der Waals surface area contributed by atoms with Crippen LogP contribution in [0.5, 0.6) is 0 Å². The fraction of sp³-hybridized carbons (Fsp3) is 0.692. The van der Waals surface area contributed by atoms with E-state index in [2.05, 4.69) is 40.7 Å². The van der Waals surface area contributed by atoms with Gasteiger partial charge in [0.05, 0.1) is 0 Å². The average Bonchev–Trinajstić information content (AvgIpc) is 2.44. The molecule has 1 heterocycles. The maximum Gasteiger partial charge on any atom is 0.191 e. The molecule has 1 rings (SSSR count). The largest absolute Gasteiger partial charge is 0.370 e. The second-order valence-corrected chi connectivity index (χ2v) is 6.36. The van der Waals surface area contributed by atoms with E-state index >= 15 is 0 Å². The van der Waals surface area contributed by atoms with Crippen molar-refractivity contribution in [3.63, 3.8) is 0 Å². The van der Waals surface area contributed by atoms with Crippen LogP contribution in [0.1, 0.15) is 26.7 Å². The van der Waals surface area contributed by atoms with Crippen molar-refractivity contribution in [2.24, 2.45) is 0 Å². The van der Waals surface area contributed by atoms with Gasteiger partial charge in [-0.15, -0.1) is 0 Å². The summed E-state index contributed by atoms with van der Waals surface area (Å²) >= 11 is 3.46. The van der Waals surface area contributed by atoms with Gasteiger partial charge in [-0.05, 0) is 25.4 Å². The zero-order valence-electron chi connectivity index (χ0n) is 12.2. The van der Waals surface area contributed by atoms with Crippen LogP contribution < -0.4 is 10.6 Å². The van der Waals surface area contributed by atoms with Crippen molar-refractivity contribution in [3.05, 3.63) is 6.07 Å². The van der Waals surface area contributed by atoms with Crippen molar-refractivity contribution in [1.82, 2.24) is 9.97 Å². The van der Waals surface area contributed by atoms with E-state index in [0.717, 1.165) is 42.7 Å². The molecule has 0 saturated carbocycles. The molecule has 1 aromatic heterocycles. The lowest BCUT2D eigenvalue weighted by molar-refractivity contribution is 0.842. The molecule has 0 saturated heterocycles. The van der Waals surface area contributed by atoms with Crippen molar-refractivity contribution >= 4 is 35.2 Å². The van der Waals surface area contributed by atoms with Gasteiger partial charge in [0, 0.05) is 24.4 Å². The van der Waals surface area contributed by atoms with Crippen LogP contribution in [-0.2, 0) is 0 Å². The predicted molar refractivity (Wildman–Crippen MR) is 88.7 cm³/mol. The number of aromatic nitrogens is 2. The van der Waals surface area contributed by atoms with Gasteiger partial charge in [-0.1, -0.05) is 25.6 Å². The van der Waals surface area contributed by atoms with E-state index in [0.29, 0.717) is 5.25 Å². The van der Waals surface area contributed by atoms with Crippen molar-refractivity contribution < 1.29 is 0 Å². The highest BCUT2D eigenvalue weighted by Gasteiger charge is 2.04. The third-order valence-electron chi connectivity index (χ3n) is 2.70. The Morgan fingerprint density at radius 3 is 2.32 bits per heavy atom. The molecule has 4 nitrogen and oxygen atoms in total. The summed E-state index contributed by atoms with van der Waals surface area (Å²) in [6, 6.07) is 1.99. The number of anilines is 2. The van der Waals surface area contributed by atoms with Gasteiger partial charge < -0.3 is 10.6 Å². The second-order valence-electron chi connectivity index (χ2n) is 4.31. The number of thioether (sulfide) groups is 2. The van der Waals surface area contributed by atoms with E-state index in [1.807, 2.05) is 24.1 Å². The Balaban J connectivity index is 2.60. The fourth-order valence-corrected chi connectivity index (χ4v) is 2.20. The Morgan fingerprint density at radius 1 is 1.16 bits per heavy atom. The Morgan fingerprint density at radius 2 is 1.79 bits per heavy atom. The van der Waals surface area contributed by atoms with Gasteiger partial charge in [-0.2, -0.15) is 11.8 Å². The summed E-state index contributed by atoms with van der Waals surface area (Å²) in [4.78, 5) is 8.92. The van der Waals surface area contributed by atoms with Gasteiger partial charge in [-0.3, -0.25) is 0 Å². The lowest BCUT2D eigenvalue weighted by atomic mass is 10.3. The number of hydrogen-bond donors (Lipinski definition) is 2. The molecule has 0 radical (unpaired) electrons. The van der Waals surface area contributed by atoms with Crippen molar-refractivity contribution in [3.8, 4) is 0 Å². The van der Waals surface area contributed by atoms with E-state index in [-0.39, 0.29) is 0 Å². The van der Waals surface area contributed by atoms with E-state index in [1.165, 1.54) is 0 Å². The van der Waals surface area contributed by atoms with Crippen molar-refractivity contribution in [2.75, 3.05) is 36.2 Å². The van der Waals surface area contributed by atoms with Crippen LogP contribution in [0.4, 0.5) is 11.6 Å². The van der Waals surface area contributed by atoms with Crippen LogP contribution in [0.3, 0.4) is 0 Å². The number of rotatable bonds is 9. The molecule has 6 heteroatoms. The third kappa shape index (κ3) is 6.38. The van der Waals surface area contributed by atoms with Crippen molar-refractivity contribution in [2.45, 2.75) is 37.1 Å². The highest BCUT2D eigenvalue weighted by molar-refractivity contribution is 7.99. The number of hydrogen-bond acceptors (Lipinski definition) is 6. The van der Waals surface area contributed by atoms with E-state index in [9.17, 15) is 0 Å². The Hall–Kier alpha value is -0.620. The van der Waals surface area contributed by atoms with Crippen LogP contribution in [-0.4, -0.2) is 40.8 Å². The highest BCUT2D eigenvalue weighted by Crippen LogP contribution is 2.18. The minimum atomic E-state index is 0.673. The van der Waals surface area contributed by atoms with Crippen LogP contribution in [0.25, 0.3) is 0 Å². The minimum Gasteiger partial charge on any atom is -0.370 e. The van der Waals surface area contributed by atoms with E-state index < -0.39 is 0 Å². The van der Waals surface area contributed by atoms with Crippen molar-refractivity contribution in [1.29, 1.82) is 0 Å². The summed E-state index contributed by atoms with van der Waals surface area (Å²) < 4.78 is 0. The van der Waals surface area contributed by atoms with Gasteiger partial charge in [0.2, 0.25) is 0 Å². The van der Waals surface area contributed by atoms with Crippen LogP contribution in [0.15, 0.2) is 11.2 Å². The minimum absolute atomic E-state index is 0.673. The molecule has 0 aliphatic heterocycles. The molecule has 0 aliphatic carbocycles. The normalized spacial score (nSPS) is 12.2. The molecular weight excluding hydrogens is 276 g/mol. The lowest BCUT2D eigenvalue weighted by Crippen LogP contribution is -2.10. The zero-order chi connectivity index (χ0) is 14.1. The topological polar surface area (TPSA) is 49.8 Å². The summed E-state index contributed by atoms with van der Waals surface area (Å²) in [7, 11) is 0. The summed E-state index contributed by atoms with van der Waals surface area (Å²) in [5.41, 5.74) is 0. The van der Waals surface area contributed by atoms with E-state index in [4.69, 9.17) is 0 Å². The first kappa shape index (κ1) is 16.4. The highest BCUT2D eigenvalue weighted by atomic mass is 32.2. The molecule has 0 aliphatic rings. The standard InChI is InChI=1S/C13H24N4S2/c1-5-7-14-11-9-12(17-13(16-11)19-4)15-8-6-10(2)18-3/h9-10H,5-8H2,1-4H3,(H2,14,15,16,17). The fourth-order valence-electron chi connectivity index (χ4n) is 1.47. The Bertz CT molecular complexity index is 374. The summed E-state index contributed by atoms with van der Waals surface area (Å²) in [5.74, 6) is 1.81. The SMILES string of the molecule is CCCNc1cc(NCCC(C)SC)nc(SC)n1. The maximum absolute atomic E-state index is 4.48. The molecule has 0 fully saturated rings. The van der Waals surface area contributed by atoms with Gasteiger partial charge in [0.25, 0.3) is 0 Å². The first-order chi connectivity index (χ1) is 9.19. The smallest absolute Gasteiger partial charge is 0.191 e. The van der Waals surface area contributed by atoms with Gasteiger partial charge in [-0.25, -0.2) is 9.97 Å². The summed E-state index contributed by atoms with van der Waals surface area (Å²) in [6.07, 6.45) is 6.37. The summed E-state index contributed by atoms with van der Waals surface area (Å²) in [5, 5.41) is 8.18. The molecule has 19 heavy (non-hydrogen) atoms. The molecule has 108 valence electrons.